The van der Waals surface area contributed by atoms with Crippen LogP contribution in [-0.4, -0.2) is 12.1 Å². The molecule has 0 aromatic heterocycles. The van der Waals surface area contributed by atoms with Crippen LogP contribution in [0, 0.1) is 11.2 Å². The van der Waals surface area contributed by atoms with E-state index in [1.165, 1.54) is 12.8 Å². The Morgan fingerprint density at radius 3 is 2.50 bits per heavy atom. The van der Waals surface area contributed by atoms with Crippen LogP contribution in [0.3, 0.4) is 0 Å². The maximum absolute atomic E-state index is 13.2. The lowest BCUT2D eigenvalue weighted by molar-refractivity contribution is -0.137. The molecule has 2 fully saturated rings. The van der Waals surface area contributed by atoms with Gasteiger partial charge in [0, 0.05) is 12.6 Å². The van der Waals surface area contributed by atoms with Crippen molar-refractivity contribution in [2.75, 3.05) is 0 Å². The van der Waals surface area contributed by atoms with E-state index in [2.05, 4.69) is 10.6 Å². The molecule has 120 valence electrons. The lowest BCUT2D eigenvalue weighted by atomic mass is 9.77. The van der Waals surface area contributed by atoms with Crippen LogP contribution in [0.2, 0.25) is 0 Å². The molecule has 3 rings (SSSR count). The third kappa shape index (κ3) is 3.34. The first kappa shape index (κ1) is 15.1. The SMILES string of the molecule is O=C(NCc1cc(F)cc(C(F)(F)F)c1)NC1CC2(CC2)C1. The summed E-state index contributed by atoms with van der Waals surface area (Å²) >= 11 is 0. The number of amides is 2. The Kier molecular flexibility index (Phi) is 3.53. The number of urea groups is 1. The summed E-state index contributed by atoms with van der Waals surface area (Å²) in [6, 6.07) is 1.97. The topological polar surface area (TPSA) is 41.1 Å². The molecule has 1 aromatic carbocycles. The van der Waals surface area contributed by atoms with E-state index in [9.17, 15) is 22.4 Å². The number of carbonyl (C=O) groups excluding carboxylic acids is 1. The van der Waals surface area contributed by atoms with E-state index in [4.69, 9.17) is 0 Å². The number of rotatable bonds is 3. The van der Waals surface area contributed by atoms with Crippen molar-refractivity contribution in [1.82, 2.24) is 10.6 Å². The largest absolute Gasteiger partial charge is 0.416 e. The van der Waals surface area contributed by atoms with Crippen LogP contribution in [0.4, 0.5) is 22.4 Å². The number of carbonyl (C=O) groups is 1. The first-order valence-electron chi connectivity index (χ1n) is 7.17. The molecule has 0 heterocycles. The molecule has 2 aliphatic carbocycles. The van der Waals surface area contributed by atoms with Crippen LogP contribution in [0.5, 0.6) is 0 Å². The Morgan fingerprint density at radius 2 is 1.91 bits per heavy atom. The van der Waals surface area contributed by atoms with E-state index < -0.39 is 23.6 Å². The van der Waals surface area contributed by atoms with Crippen molar-refractivity contribution in [3.63, 3.8) is 0 Å². The van der Waals surface area contributed by atoms with E-state index in [1.807, 2.05) is 0 Å². The molecule has 2 N–H and O–H groups in total. The molecular formula is C15H16F4N2O. The number of hydrogen-bond acceptors (Lipinski definition) is 1. The average Bonchev–Trinajstić information content (AvgIpc) is 3.15. The summed E-state index contributed by atoms with van der Waals surface area (Å²) in [5, 5.41) is 5.24. The molecule has 2 aliphatic rings. The molecule has 0 atom stereocenters. The average molecular weight is 316 g/mol. The Labute approximate surface area is 125 Å². The van der Waals surface area contributed by atoms with Gasteiger partial charge in [-0.3, -0.25) is 0 Å². The lowest BCUT2D eigenvalue weighted by Crippen LogP contribution is -2.48. The van der Waals surface area contributed by atoms with E-state index in [-0.39, 0.29) is 18.2 Å². The molecule has 0 bridgehead atoms. The Balaban J connectivity index is 1.52. The number of hydrogen-bond donors (Lipinski definition) is 2. The summed E-state index contributed by atoms with van der Waals surface area (Å²) in [6.45, 7) is -0.148. The van der Waals surface area contributed by atoms with Gasteiger partial charge in [0.2, 0.25) is 0 Å². The van der Waals surface area contributed by atoms with Crippen molar-refractivity contribution < 1.29 is 22.4 Å². The molecule has 1 spiro atoms. The summed E-state index contributed by atoms with van der Waals surface area (Å²) < 4.78 is 51.0. The Bertz CT molecular complexity index is 588. The van der Waals surface area contributed by atoms with Crippen LogP contribution in [-0.2, 0) is 12.7 Å². The highest BCUT2D eigenvalue weighted by molar-refractivity contribution is 5.74. The molecule has 0 aliphatic heterocycles. The van der Waals surface area contributed by atoms with Gasteiger partial charge < -0.3 is 10.6 Å². The normalized spacial score (nSPS) is 19.6. The highest BCUT2D eigenvalue weighted by Crippen LogP contribution is 2.60. The van der Waals surface area contributed by atoms with Gasteiger partial charge in [0.05, 0.1) is 5.56 Å². The molecule has 22 heavy (non-hydrogen) atoms. The number of nitrogens with one attached hydrogen (secondary N) is 2. The second-order valence-electron chi connectivity index (χ2n) is 6.28. The van der Waals surface area contributed by atoms with Gasteiger partial charge >= 0.3 is 12.2 Å². The van der Waals surface area contributed by atoms with Crippen molar-refractivity contribution in [2.24, 2.45) is 5.41 Å². The minimum atomic E-state index is -4.61. The highest BCUT2D eigenvalue weighted by Gasteiger charge is 2.53. The van der Waals surface area contributed by atoms with Gasteiger partial charge in [-0.1, -0.05) is 0 Å². The van der Waals surface area contributed by atoms with E-state index in [1.54, 1.807) is 0 Å². The van der Waals surface area contributed by atoms with Gasteiger partial charge in [0.25, 0.3) is 0 Å². The zero-order chi connectivity index (χ0) is 16.0. The molecule has 0 unspecified atom stereocenters. The first-order valence-corrected chi connectivity index (χ1v) is 7.17. The van der Waals surface area contributed by atoms with Crippen molar-refractivity contribution in [3.05, 3.63) is 35.1 Å². The fraction of sp³-hybridized carbons (Fsp3) is 0.533. The summed E-state index contributed by atoms with van der Waals surface area (Å²) in [5.41, 5.74) is -0.517. The van der Waals surface area contributed by atoms with E-state index in [0.717, 1.165) is 25.0 Å². The van der Waals surface area contributed by atoms with Crippen LogP contribution in [0.25, 0.3) is 0 Å². The lowest BCUT2D eigenvalue weighted by Gasteiger charge is -2.36. The quantitative estimate of drug-likeness (QED) is 0.822. The van der Waals surface area contributed by atoms with Gasteiger partial charge in [-0.15, -0.1) is 0 Å². The minimum Gasteiger partial charge on any atom is -0.335 e. The third-order valence-corrected chi connectivity index (χ3v) is 4.39. The zero-order valence-corrected chi connectivity index (χ0v) is 11.8. The van der Waals surface area contributed by atoms with Gasteiger partial charge in [-0.05, 0) is 54.9 Å². The fourth-order valence-electron chi connectivity index (χ4n) is 3.01. The highest BCUT2D eigenvalue weighted by atomic mass is 19.4. The molecule has 1 aromatic rings. The van der Waals surface area contributed by atoms with Crippen LogP contribution >= 0.6 is 0 Å². The van der Waals surface area contributed by atoms with Crippen molar-refractivity contribution in [2.45, 2.75) is 44.4 Å². The maximum Gasteiger partial charge on any atom is 0.416 e. The Hall–Kier alpha value is -1.79. The second kappa shape index (κ2) is 5.14. The van der Waals surface area contributed by atoms with Crippen molar-refractivity contribution in [1.29, 1.82) is 0 Å². The monoisotopic (exact) mass is 316 g/mol. The summed E-state index contributed by atoms with van der Waals surface area (Å²) in [4.78, 5) is 11.7. The van der Waals surface area contributed by atoms with Gasteiger partial charge in [-0.2, -0.15) is 13.2 Å². The molecule has 3 nitrogen and oxygen atoms in total. The van der Waals surface area contributed by atoms with Crippen LogP contribution < -0.4 is 10.6 Å². The predicted octanol–water partition coefficient (Wildman–Crippen LogP) is 3.59. The zero-order valence-electron chi connectivity index (χ0n) is 11.8. The summed E-state index contributed by atoms with van der Waals surface area (Å²) in [5.74, 6) is -0.971. The van der Waals surface area contributed by atoms with Crippen molar-refractivity contribution >= 4 is 6.03 Å². The maximum atomic E-state index is 13.2. The molecule has 7 heteroatoms. The first-order chi connectivity index (χ1) is 10.3. The number of halogens is 4. The molecular weight excluding hydrogens is 300 g/mol. The van der Waals surface area contributed by atoms with Gasteiger partial charge in [0.15, 0.2) is 0 Å². The predicted molar refractivity (Wildman–Crippen MR) is 71.5 cm³/mol. The second-order valence-corrected chi connectivity index (χ2v) is 6.28. The van der Waals surface area contributed by atoms with Crippen molar-refractivity contribution in [3.8, 4) is 0 Å². The summed E-state index contributed by atoms with van der Waals surface area (Å²) in [6.07, 6.45) is -0.229. The molecule has 0 radical (unpaired) electrons. The summed E-state index contributed by atoms with van der Waals surface area (Å²) in [7, 11) is 0. The standard InChI is InChI=1S/C15H16F4N2O/c16-11-4-9(3-10(5-11)15(17,18)19)8-20-13(22)21-12-6-14(7-12)1-2-14/h3-5,12H,1-2,6-8H2,(H2,20,21,22). The Morgan fingerprint density at radius 1 is 1.23 bits per heavy atom. The number of benzene rings is 1. The van der Waals surface area contributed by atoms with Gasteiger partial charge in [-0.25, -0.2) is 9.18 Å². The van der Waals surface area contributed by atoms with E-state index in [0.29, 0.717) is 11.5 Å². The van der Waals surface area contributed by atoms with Crippen LogP contribution in [0.15, 0.2) is 18.2 Å². The number of alkyl halides is 3. The fourth-order valence-corrected chi connectivity index (χ4v) is 3.01. The van der Waals surface area contributed by atoms with E-state index >= 15 is 0 Å². The van der Waals surface area contributed by atoms with Crippen LogP contribution in [0.1, 0.15) is 36.8 Å². The molecule has 0 saturated heterocycles. The smallest absolute Gasteiger partial charge is 0.335 e. The third-order valence-electron chi connectivity index (χ3n) is 4.39. The minimum absolute atomic E-state index is 0.0785. The molecule has 2 amide bonds. The van der Waals surface area contributed by atoms with Gasteiger partial charge in [0.1, 0.15) is 5.82 Å². The molecule has 2 saturated carbocycles.